The van der Waals surface area contributed by atoms with E-state index in [4.69, 9.17) is 0 Å². The molecule has 0 atom stereocenters. The number of phenolic OH excluding ortho intramolecular Hbond substituents is 1. The lowest BCUT2D eigenvalue weighted by atomic mass is 9.88. The molecule has 0 unspecified atom stereocenters. The molecule has 3 rings (SSSR count). The Labute approximate surface area is 107 Å². The number of benzene rings is 1. The molecule has 0 saturated heterocycles. The molecule has 0 bridgehead atoms. The average molecular weight is 267 g/mol. The highest BCUT2D eigenvalue weighted by molar-refractivity contribution is 7.91. The van der Waals surface area contributed by atoms with Gasteiger partial charge in [0, 0.05) is 12.0 Å². The number of hydrogen-bond donors (Lipinski definition) is 2. The molecule has 0 amide bonds. The monoisotopic (exact) mass is 267 g/mol. The number of fused-ring (bicyclic) bond motifs is 1. The summed E-state index contributed by atoms with van der Waals surface area (Å²) in [5, 5.41) is 13.0. The molecule has 18 heavy (non-hydrogen) atoms. The van der Waals surface area contributed by atoms with Crippen LogP contribution in [-0.2, 0) is 9.84 Å². The molecule has 2 aliphatic rings. The van der Waals surface area contributed by atoms with Gasteiger partial charge in [0.05, 0.1) is 11.4 Å². The Morgan fingerprint density at radius 3 is 2.67 bits per heavy atom. The van der Waals surface area contributed by atoms with Crippen LogP contribution in [0.3, 0.4) is 0 Å². The molecular formula is C13H17NO3S. The second-order valence-electron chi connectivity index (χ2n) is 5.47. The normalized spacial score (nSPS) is 24.2. The molecule has 0 radical (unpaired) electrons. The maximum Gasteiger partial charge on any atom is 0.184 e. The highest BCUT2D eigenvalue weighted by Gasteiger charge is 2.42. The Bertz CT molecular complexity index is 574. The summed E-state index contributed by atoms with van der Waals surface area (Å²) in [6.45, 7) is 0.683. The summed E-state index contributed by atoms with van der Waals surface area (Å²) in [5.74, 6) is 0.00690. The van der Waals surface area contributed by atoms with Gasteiger partial charge in [-0.15, -0.1) is 0 Å². The summed E-state index contributed by atoms with van der Waals surface area (Å²) in [5.41, 5.74) is 0.392. The molecule has 1 aromatic rings. The molecular weight excluding hydrogens is 250 g/mol. The van der Waals surface area contributed by atoms with Gasteiger partial charge in [0.15, 0.2) is 9.84 Å². The highest BCUT2D eigenvalue weighted by atomic mass is 32.2. The summed E-state index contributed by atoms with van der Waals surface area (Å²) in [4.78, 5) is 0.0776. The van der Waals surface area contributed by atoms with E-state index in [2.05, 4.69) is 5.32 Å². The van der Waals surface area contributed by atoms with E-state index < -0.39 is 9.84 Å². The van der Waals surface area contributed by atoms with Gasteiger partial charge in [-0.25, -0.2) is 8.42 Å². The van der Waals surface area contributed by atoms with Crippen molar-refractivity contribution in [2.75, 3.05) is 17.6 Å². The lowest BCUT2D eigenvalue weighted by Gasteiger charge is -2.26. The van der Waals surface area contributed by atoms with Crippen LogP contribution in [0.2, 0.25) is 0 Å². The standard InChI is InChI=1S/C13H17NO3S/c15-11-5-3-4-10-12(11)18(16,17)9-13(8-14-10)6-1-2-7-13/h3-5,14-15H,1-2,6-9H2. The second kappa shape index (κ2) is 3.88. The number of sulfone groups is 1. The third kappa shape index (κ3) is 1.77. The van der Waals surface area contributed by atoms with Crippen LogP contribution in [0.15, 0.2) is 23.1 Å². The molecule has 0 aromatic heterocycles. The van der Waals surface area contributed by atoms with Gasteiger partial charge >= 0.3 is 0 Å². The van der Waals surface area contributed by atoms with Gasteiger partial charge in [0.1, 0.15) is 10.6 Å². The van der Waals surface area contributed by atoms with Crippen LogP contribution >= 0.6 is 0 Å². The van der Waals surface area contributed by atoms with Gasteiger partial charge in [-0.3, -0.25) is 0 Å². The average Bonchev–Trinajstić information content (AvgIpc) is 2.69. The minimum Gasteiger partial charge on any atom is -0.507 e. The van der Waals surface area contributed by atoms with Crippen molar-refractivity contribution in [3.05, 3.63) is 18.2 Å². The first-order valence-electron chi connectivity index (χ1n) is 6.31. The fraction of sp³-hybridized carbons (Fsp3) is 0.538. The van der Waals surface area contributed by atoms with E-state index in [1.165, 1.54) is 6.07 Å². The van der Waals surface area contributed by atoms with Crippen LogP contribution in [0.25, 0.3) is 0 Å². The Balaban J connectivity index is 2.12. The van der Waals surface area contributed by atoms with E-state index in [1.54, 1.807) is 12.1 Å². The van der Waals surface area contributed by atoms with Gasteiger partial charge in [-0.05, 0) is 25.0 Å². The van der Waals surface area contributed by atoms with Crippen LogP contribution < -0.4 is 5.32 Å². The van der Waals surface area contributed by atoms with E-state index in [0.29, 0.717) is 12.2 Å². The molecule has 2 N–H and O–H groups in total. The van der Waals surface area contributed by atoms with Crippen molar-refractivity contribution >= 4 is 15.5 Å². The van der Waals surface area contributed by atoms with Crippen molar-refractivity contribution < 1.29 is 13.5 Å². The van der Waals surface area contributed by atoms with Crippen molar-refractivity contribution in [2.45, 2.75) is 30.6 Å². The summed E-state index contributed by atoms with van der Waals surface area (Å²) in [6.07, 6.45) is 4.10. The Morgan fingerprint density at radius 2 is 1.94 bits per heavy atom. The topological polar surface area (TPSA) is 66.4 Å². The van der Waals surface area contributed by atoms with Gasteiger partial charge in [0.2, 0.25) is 0 Å². The first-order valence-corrected chi connectivity index (χ1v) is 7.96. The number of rotatable bonds is 0. The smallest absolute Gasteiger partial charge is 0.184 e. The predicted octanol–water partition coefficient (Wildman–Crippen LogP) is 2.15. The summed E-state index contributed by atoms with van der Waals surface area (Å²) < 4.78 is 25.0. The van der Waals surface area contributed by atoms with Crippen molar-refractivity contribution in [2.24, 2.45) is 5.41 Å². The van der Waals surface area contributed by atoms with E-state index in [1.807, 2.05) is 0 Å². The Morgan fingerprint density at radius 1 is 1.22 bits per heavy atom. The molecule has 1 heterocycles. The van der Waals surface area contributed by atoms with Crippen LogP contribution in [0, 0.1) is 5.41 Å². The first kappa shape index (κ1) is 11.8. The molecule has 1 spiro atoms. The van der Waals surface area contributed by atoms with E-state index in [-0.39, 0.29) is 21.8 Å². The number of aromatic hydroxyl groups is 1. The van der Waals surface area contributed by atoms with Crippen molar-refractivity contribution in [1.29, 1.82) is 0 Å². The maximum atomic E-state index is 12.5. The summed E-state index contributed by atoms with van der Waals surface area (Å²) in [6, 6.07) is 4.83. The predicted molar refractivity (Wildman–Crippen MR) is 69.6 cm³/mol. The third-order valence-electron chi connectivity index (χ3n) is 4.12. The number of anilines is 1. The van der Waals surface area contributed by atoms with Gasteiger partial charge < -0.3 is 10.4 Å². The molecule has 1 saturated carbocycles. The maximum absolute atomic E-state index is 12.5. The largest absolute Gasteiger partial charge is 0.507 e. The molecule has 98 valence electrons. The quantitative estimate of drug-likeness (QED) is 0.756. The van der Waals surface area contributed by atoms with E-state index in [9.17, 15) is 13.5 Å². The zero-order chi connectivity index (χ0) is 12.8. The molecule has 1 aliphatic heterocycles. The molecule has 5 heteroatoms. The van der Waals surface area contributed by atoms with Crippen molar-refractivity contribution in [3.8, 4) is 5.75 Å². The van der Waals surface area contributed by atoms with Gasteiger partial charge in [0.25, 0.3) is 0 Å². The number of nitrogens with one attached hydrogen (secondary N) is 1. The molecule has 4 nitrogen and oxygen atoms in total. The lowest BCUT2D eigenvalue weighted by molar-refractivity contribution is 0.365. The summed E-state index contributed by atoms with van der Waals surface area (Å²) in [7, 11) is -3.41. The number of hydrogen-bond acceptors (Lipinski definition) is 4. The molecule has 1 fully saturated rings. The Kier molecular flexibility index (Phi) is 2.55. The zero-order valence-electron chi connectivity index (χ0n) is 10.1. The molecule has 1 aliphatic carbocycles. The minimum absolute atomic E-state index is 0.0776. The van der Waals surface area contributed by atoms with Crippen LogP contribution in [0.1, 0.15) is 25.7 Å². The zero-order valence-corrected chi connectivity index (χ0v) is 11.0. The fourth-order valence-corrected chi connectivity index (χ4v) is 5.45. The van der Waals surface area contributed by atoms with Crippen LogP contribution in [-0.4, -0.2) is 25.8 Å². The lowest BCUT2D eigenvalue weighted by Crippen LogP contribution is -2.31. The van der Waals surface area contributed by atoms with E-state index in [0.717, 1.165) is 25.7 Å². The first-order chi connectivity index (χ1) is 8.53. The second-order valence-corrected chi connectivity index (χ2v) is 7.40. The summed E-state index contributed by atoms with van der Waals surface area (Å²) >= 11 is 0. The highest BCUT2D eigenvalue weighted by Crippen LogP contribution is 2.45. The van der Waals surface area contributed by atoms with Gasteiger partial charge in [-0.2, -0.15) is 0 Å². The van der Waals surface area contributed by atoms with E-state index >= 15 is 0 Å². The fourth-order valence-electron chi connectivity index (χ4n) is 3.25. The van der Waals surface area contributed by atoms with Crippen LogP contribution in [0.4, 0.5) is 5.69 Å². The minimum atomic E-state index is -3.41. The van der Waals surface area contributed by atoms with Crippen LogP contribution in [0.5, 0.6) is 5.75 Å². The third-order valence-corrected chi connectivity index (χ3v) is 6.16. The van der Waals surface area contributed by atoms with Crippen molar-refractivity contribution in [3.63, 3.8) is 0 Å². The number of phenols is 1. The van der Waals surface area contributed by atoms with Gasteiger partial charge in [-0.1, -0.05) is 18.9 Å². The molecule has 1 aromatic carbocycles. The SMILES string of the molecule is O=S1(=O)CC2(CCCC2)CNc2cccc(O)c21. The Hall–Kier alpha value is -1.23. The van der Waals surface area contributed by atoms with Crippen molar-refractivity contribution in [1.82, 2.24) is 0 Å².